The summed E-state index contributed by atoms with van der Waals surface area (Å²) in [6.45, 7) is 7.52. The number of carbonyl (C=O) groups excluding carboxylic acids is 1. The number of rotatable bonds is 7. The molecular formula is C28H30N4O2. The number of nitrogens with one attached hydrogen (secondary N) is 1. The smallest absolute Gasteiger partial charge is 0.185 e. The highest BCUT2D eigenvalue weighted by Gasteiger charge is 2.21. The lowest BCUT2D eigenvalue weighted by Gasteiger charge is -2.38. The highest BCUT2D eigenvalue weighted by Crippen LogP contribution is 2.23. The van der Waals surface area contributed by atoms with E-state index in [1.54, 1.807) is 0 Å². The number of aromatic nitrogens is 1. The molecule has 0 spiro atoms. The van der Waals surface area contributed by atoms with Crippen molar-refractivity contribution in [3.8, 4) is 6.07 Å². The van der Waals surface area contributed by atoms with Gasteiger partial charge in [0.05, 0.1) is 11.6 Å². The maximum absolute atomic E-state index is 11.0. The number of piperazine rings is 1. The first-order chi connectivity index (χ1) is 16.6. The maximum Gasteiger partial charge on any atom is 0.185 e. The van der Waals surface area contributed by atoms with Gasteiger partial charge in [-0.25, -0.2) is 0 Å². The van der Waals surface area contributed by atoms with Gasteiger partial charge in [0.1, 0.15) is 5.42 Å². The molecule has 1 fully saturated rings. The fraction of sp³-hybridized carbons (Fsp3) is 0.357. The van der Waals surface area contributed by atoms with Gasteiger partial charge in [0.25, 0.3) is 0 Å². The van der Waals surface area contributed by atoms with Crippen LogP contribution in [-0.4, -0.2) is 53.8 Å². The van der Waals surface area contributed by atoms with Crippen molar-refractivity contribution in [2.75, 3.05) is 32.7 Å². The number of H-pyrrole nitrogens is 1. The van der Waals surface area contributed by atoms with Crippen molar-refractivity contribution in [3.05, 3.63) is 69.8 Å². The molecule has 1 N–H and O–H groups in total. The Kier molecular flexibility index (Phi) is 6.37. The van der Waals surface area contributed by atoms with E-state index in [1.807, 2.05) is 30.3 Å². The molecule has 1 aromatic carbocycles. The topological polar surface area (TPSA) is 76.3 Å². The van der Waals surface area contributed by atoms with Gasteiger partial charge in [-0.2, -0.15) is 5.26 Å². The molecule has 3 aromatic rings. The Bertz CT molecular complexity index is 1380. The van der Waals surface area contributed by atoms with Crippen LogP contribution in [0.2, 0.25) is 0 Å². The quantitative estimate of drug-likeness (QED) is 0.438. The van der Waals surface area contributed by atoms with Crippen LogP contribution in [0.1, 0.15) is 41.4 Å². The van der Waals surface area contributed by atoms with Crippen LogP contribution in [0.5, 0.6) is 0 Å². The van der Waals surface area contributed by atoms with Crippen molar-refractivity contribution in [1.29, 1.82) is 5.26 Å². The monoisotopic (exact) mass is 454 g/mol. The second-order valence-electron chi connectivity index (χ2n) is 9.27. The fourth-order valence-corrected chi connectivity index (χ4v) is 5.15. The van der Waals surface area contributed by atoms with Gasteiger partial charge in [0.15, 0.2) is 12.0 Å². The van der Waals surface area contributed by atoms with Crippen LogP contribution < -0.4 is 10.6 Å². The summed E-state index contributed by atoms with van der Waals surface area (Å²) in [5, 5.41) is 11.3. The van der Waals surface area contributed by atoms with Crippen LogP contribution in [0, 0.1) is 17.2 Å². The first kappa shape index (κ1) is 22.2. The molecule has 0 radical (unpaired) electrons. The zero-order valence-electron chi connectivity index (χ0n) is 19.6. The van der Waals surface area contributed by atoms with Crippen molar-refractivity contribution >= 4 is 29.3 Å². The molecule has 1 saturated heterocycles. The summed E-state index contributed by atoms with van der Waals surface area (Å²) in [7, 11) is 0. The molecule has 34 heavy (non-hydrogen) atoms. The van der Waals surface area contributed by atoms with E-state index in [0.717, 1.165) is 73.6 Å². The number of carbonyl (C=O) groups is 1. The minimum absolute atomic E-state index is 0.277. The first-order valence-corrected chi connectivity index (χ1v) is 12.1. The number of allylic oxidation sites excluding steroid dienone is 2. The summed E-state index contributed by atoms with van der Waals surface area (Å²) in [5.41, 5.74) is 5.21. The van der Waals surface area contributed by atoms with Crippen LogP contribution in [0.15, 0.2) is 46.7 Å². The number of hydrogen-bond acceptors (Lipinski definition) is 5. The maximum atomic E-state index is 11.0. The van der Waals surface area contributed by atoms with Crippen molar-refractivity contribution in [1.82, 2.24) is 14.8 Å². The van der Waals surface area contributed by atoms with Gasteiger partial charge in [-0.05, 0) is 67.8 Å². The van der Waals surface area contributed by atoms with Crippen LogP contribution >= 0.6 is 0 Å². The number of unbranched alkanes of at least 4 members (excludes halogenated alkanes) is 1. The Labute approximate surface area is 199 Å². The lowest BCUT2D eigenvalue weighted by atomic mass is 10.0. The molecule has 1 atom stereocenters. The summed E-state index contributed by atoms with van der Waals surface area (Å²) in [5.74, 6) is 0.658. The van der Waals surface area contributed by atoms with E-state index >= 15 is 0 Å². The molecule has 6 heteroatoms. The predicted octanol–water partition coefficient (Wildman–Crippen LogP) is 3.18. The van der Waals surface area contributed by atoms with E-state index < -0.39 is 0 Å². The van der Waals surface area contributed by atoms with Crippen LogP contribution in [-0.2, 0) is 6.42 Å². The van der Waals surface area contributed by atoms with Crippen molar-refractivity contribution in [3.63, 3.8) is 0 Å². The Balaban J connectivity index is 1.11. The zero-order chi connectivity index (χ0) is 23.5. The van der Waals surface area contributed by atoms with Gasteiger partial charge >= 0.3 is 0 Å². The predicted molar refractivity (Wildman–Crippen MR) is 133 cm³/mol. The molecule has 5 rings (SSSR count). The fourth-order valence-electron chi connectivity index (χ4n) is 5.15. The van der Waals surface area contributed by atoms with E-state index in [-0.39, 0.29) is 5.92 Å². The van der Waals surface area contributed by atoms with E-state index in [4.69, 9.17) is 4.42 Å². The summed E-state index contributed by atoms with van der Waals surface area (Å²) < 4.78 is 5.61. The van der Waals surface area contributed by atoms with Crippen LogP contribution in [0.4, 0.5) is 0 Å². The third kappa shape index (κ3) is 4.57. The van der Waals surface area contributed by atoms with Gasteiger partial charge < -0.3 is 14.3 Å². The van der Waals surface area contributed by atoms with E-state index in [0.29, 0.717) is 5.76 Å². The highest BCUT2D eigenvalue weighted by molar-refractivity contribution is 5.84. The molecule has 0 amide bonds. The van der Waals surface area contributed by atoms with Crippen molar-refractivity contribution < 1.29 is 9.21 Å². The number of aryl methyl sites for hydroxylation is 1. The molecule has 174 valence electrons. The van der Waals surface area contributed by atoms with Gasteiger partial charge in [-0.1, -0.05) is 13.0 Å². The molecule has 1 aliphatic carbocycles. The van der Waals surface area contributed by atoms with E-state index in [9.17, 15) is 10.1 Å². The van der Waals surface area contributed by atoms with Crippen molar-refractivity contribution in [2.45, 2.75) is 26.2 Å². The minimum Gasteiger partial charge on any atom is -0.453 e. The van der Waals surface area contributed by atoms with E-state index in [1.165, 1.54) is 23.1 Å². The van der Waals surface area contributed by atoms with Gasteiger partial charge in [0, 0.05) is 60.1 Å². The average molecular weight is 455 g/mol. The number of aldehydes is 1. The number of benzene rings is 1. The normalized spacial score (nSPS) is 18.4. The summed E-state index contributed by atoms with van der Waals surface area (Å²) in [6, 6.07) is 9.91. The molecular weight excluding hydrogens is 424 g/mol. The summed E-state index contributed by atoms with van der Waals surface area (Å²) >= 11 is 0. The standard InChI is InChI=1S/C28H30N4O2/c1-20-14-23-16-24(19-33)34-28(23)8-7-27(20)32-12-10-31(11-13-32)9-3-2-4-22-18-30-26-6-5-21(17-29)15-25(22)26/h5-8,14-16,18-20,30H,2-4,9-13H2,1H3/t20-/m0/s1. The molecule has 1 aliphatic heterocycles. The number of fused-ring (bicyclic) bond motifs is 2. The number of nitrogens with zero attached hydrogens (tertiary/aromatic N) is 3. The summed E-state index contributed by atoms with van der Waals surface area (Å²) in [6.07, 6.45) is 12.5. The molecule has 0 bridgehead atoms. The molecule has 2 aromatic heterocycles. The number of nitriles is 1. The number of hydrogen-bond donors (Lipinski definition) is 1. The average Bonchev–Trinajstić information content (AvgIpc) is 3.41. The van der Waals surface area contributed by atoms with Crippen molar-refractivity contribution in [2.24, 2.45) is 5.92 Å². The lowest BCUT2D eigenvalue weighted by Crippen LogP contribution is -2.46. The third-order valence-corrected chi connectivity index (χ3v) is 7.03. The Morgan fingerprint density at radius 2 is 2.03 bits per heavy atom. The molecule has 3 heterocycles. The Hall–Kier alpha value is -3.56. The van der Waals surface area contributed by atoms with Gasteiger partial charge in [0.2, 0.25) is 0 Å². The molecule has 0 saturated carbocycles. The largest absolute Gasteiger partial charge is 0.453 e. The van der Waals surface area contributed by atoms with Gasteiger partial charge in [-0.3, -0.25) is 9.69 Å². The molecule has 2 aliphatic rings. The lowest BCUT2D eigenvalue weighted by molar-refractivity contribution is 0.109. The van der Waals surface area contributed by atoms with Crippen LogP contribution in [0.25, 0.3) is 23.1 Å². The number of furan rings is 1. The highest BCUT2D eigenvalue weighted by atomic mass is 16.3. The second-order valence-corrected chi connectivity index (χ2v) is 9.27. The zero-order valence-corrected chi connectivity index (χ0v) is 19.6. The third-order valence-electron chi connectivity index (χ3n) is 7.03. The summed E-state index contributed by atoms with van der Waals surface area (Å²) in [4.78, 5) is 19.4. The first-order valence-electron chi connectivity index (χ1n) is 12.1. The Morgan fingerprint density at radius 1 is 1.18 bits per heavy atom. The Morgan fingerprint density at radius 3 is 2.82 bits per heavy atom. The van der Waals surface area contributed by atoms with Gasteiger partial charge in [-0.15, -0.1) is 0 Å². The molecule has 0 unspecified atom stereocenters. The van der Waals surface area contributed by atoms with Crippen LogP contribution in [0.3, 0.4) is 0 Å². The molecule has 6 nitrogen and oxygen atoms in total. The minimum atomic E-state index is 0.277. The SMILES string of the molecule is C[C@H]1C=c2cc(C=O)oc2=CC=C1N1CCN(CCCCc2c[nH]c3ccc(C#N)cc23)CC1. The van der Waals surface area contributed by atoms with E-state index in [2.05, 4.69) is 46.1 Å². The second kappa shape index (κ2) is 9.74. The number of aromatic amines is 1.